The molecule has 0 spiro atoms. The molecule has 7 heteroatoms. The van der Waals surface area contributed by atoms with Crippen molar-refractivity contribution >= 4 is 17.7 Å². The van der Waals surface area contributed by atoms with Crippen molar-refractivity contribution in [2.75, 3.05) is 19.4 Å². The molecule has 1 amide bonds. The van der Waals surface area contributed by atoms with Gasteiger partial charge in [-0.05, 0) is 24.6 Å². The molecule has 0 N–H and O–H groups in total. The van der Waals surface area contributed by atoms with Crippen LogP contribution in [0.25, 0.3) is 11.4 Å². The number of hydrogen-bond donors (Lipinski definition) is 0. The number of aromatic nitrogens is 3. The van der Waals surface area contributed by atoms with Gasteiger partial charge in [-0.1, -0.05) is 54.2 Å². The smallest absolute Gasteiger partial charge is 0.233 e. The van der Waals surface area contributed by atoms with Crippen molar-refractivity contribution in [3.05, 3.63) is 60.2 Å². The monoisotopic (exact) mass is 396 g/mol. The number of hydrogen-bond acceptors (Lipinski definition) is 5. The Morgan fingerprint density at radius 3 is 2.50 bits per heavy atom. The van der Waals surface area contributed by atoms with Gasteiger partial charge in [0.2, 0.25) is 5.91 Å². The van der Waals surface area contributed by atoms with Crippen LogP contribution in [0.3, 0.4) is 0 Å². The SMILES string of the molecule is CCOc1ccc(CN(C)C(=O)CSc2nnc(-c3ccccc3)n2C)cc1. The predicted octanol–water partition coefficient (Wildman–Crippen LogP) is 3.63. The summed E-state index contributed by atoms with van der Waals surface area (Å²) in [6, 6.07) is 17.7. The number of rotatable bonds is 8. The van der Waals surface area contributed by atoms with Crippen LogP contribution in [0.15, 0.2) is 59.8 Å². The Kier molecular flexibility index (Phi) is 6.71. The summed E-state index contributed by atoms with van der Waals surface area (Å²) in [6.07, 6.45) is 0. The number of thioether (sulfide) groups is 1. The molecule has 0 unspecified atom stereocenters. The number of carbonyl (C=O) groups is 1. The molecule has 3 aromatic rings. The molecule has 1 aromatic heterocycles. The molecule has 0 fully saturated rings. The van der Waals surface area contributed by atoms with Gasteiger partial charge in [-0.3, -0.25) is 4.79 Å². The van der Waals surface area contributed by atoms with Gasteiger partial charge >= 0.3 is 0 Å². The maximum Gasteiger partial charge on any atom is 0.233 e. The second kappa shape index (κ2) is 9.41. The lowest BCUT2D eigenvalue weighted by Gasteiger charge is -2.17. The van der Waals surface area contributed by atoms with Crippen LogP contribution in [0, 0.1) is 0 Å². The first kappa shape index (κ1) is 19.9. The van der Waals surface area contributed by atoms with Crippen molar-refractivity contribution < 1.29 is 9.53 Å². The Morgan fingerprint density at radius 2 is 1.82 bits per heavy atom. The Balaban J connectivity index is 1.56. The minimum Gasteiger partial charge on any atom is -0.494 e. The molecule has 146 valence electrons. The van der Waals surface area contributed by atoms with E-state index in [9.17, 15) is 4.79 Å². The summed E-state index contributed by atoms with van der Waals surface area (Å²) in [7, 11) is 3.73. The highest BCUT2D eigenvalue weighted by atomic mass is 32.2. The van der Waals surface area contributed by atoms with Crippen molar-refractivity contribution in [2.24, 2.45) is 7.05 Å². The van der Waals surface area contributed by atoms with Gasteiger partial charge in [-0.15, -0.1) is 10.2 Å². The molecule has 0 aliphatic carbocycles. The van der Waals surface area contributed by atoms with Crippen LogP contribution in [0.2, 0.25) is 0 Å². The summed E-state index contributed by atoms with van der Waals surface area (Å²) in [5.74, 6) is 1.99. The molecular weight excluding hydrogens is 372 g/mol. The maximum absolute atomic E-state index is 12.5. The fraction of sp³-hybridized carbons (Fsp3) is 0.286. The zero-order valence-electron chi connectivity index (χ0n) is 16.3. The Hall–Kier alpha value is -2.80. The molecule has 0 bridgehead atoms. The average Bonchev–Trinajstić information content (AvgIpc) is 3.09. The zero-order valence-corrected chi connectivity index (χ0v) is 17.1. The molecule has 6 nitrogen and oxygen atoms in total. The quantitative estimate of drug-likeness (QED) is 0.544. The third-order valence-electron chi connectivity index (χ3n) is 4.27. The fourth-order valence-electron chi connectivity index (χ4n) is 2.74. The van der Waals surface area contributed by atoms with Gasteiger partial charge in [0.1, 0.15) is 5.75 Å². The van der Waals surface area contributed by atoms with Crippen molar-refractivity contribution in [1.29, 1.82) is 0 Å². The summed E-state index contributed by atoms with van der Waals surface area (Å²) < 4.78 is 7.36. The molecule has 0 atom stereocenters. The van der Waals surface area contributed by atoms with Gasteiger partial charge in [-0.25, -0.2) is 0 Å². The van der Waals surface area contributed by atoms with Crippen LogP contribution in [-0.4, -0.2) is 45.0 Å². The Labute approximate surface area is 169 Å². The van der Waals surface area contributed by atoms with Gasteiger partial charge < -0.3 is 14.2 Å². The highest BCUT2D eigenvalue weighted by Crippen LogP contribution is 2.22. The number of benzene rings is 2. The first-order valence-corrected chi connectivity index (χ1v) is 10.1. The predicted molar refractivity (Wildman–Crippen MR) is 111 cm³/mol. The minimum absolute atomic E-state index is 0.0446. The molecule has 28 heavy (non-hydrogen) atoms. The van der Waals surface area contributed by atoms with Crippen LogP contribution < -0.4 is 4.74 Å². The number of amides is 1. The van der Waals surface area contributed by atoms with E-state index in [1.807, 2.05) is 80.2 Å². The molecule has 0 aliphatic rings. The van der Waals surface area contributed by atoms with E-state index in [1.165, 1.54) is 11.8 Å². The largest absolute Gasteiger partial charge is 0.494 e. The highest BCUT2D eigenvalue weighted by Gasteiger charge is 2.15. The number of ether oxygens (including phenoxy) is 1. The number of carbonyl (C=O) groups excluding carboxylic acids is 1. The molecule has 1 heterocycles. The van der Waals surface area contributed by atoms with Crippen molar-refractivity contribution in [3.63, 3.8) is 0 Å². The van der Waals surface area contributed by atoms with E-state index in [1.54, 1.807) is 4.90 Å². The van der Waals surface area contributed by atoms with Crippen LogP contribution in [0.4, 0.5) is 0 Å². The van der Waals surface area contributed by atoms with Crippen LogP contribution in [-0.2, 0) is 18.4 Å². The van der Waals surface area contributed by atoms with E-state index in [0.29, 0.717) is 18.9 Å². The van der Waals surface area contributed by atoms with Gasteiger partial charge in [0.05, 0.1) is 12.4 Å². The second-order valence-corrected chi connectivity index (χ2v) is 7.29. The summed E-state index contributed by atoms with van der Waals surface area (Å²) in [4.78, 5) is 14.2. The molecule has 3 rings (SSSR count). The fourth-order valence-corrected chi connectivity index (χ4v) is 3.59. The average molecular weight is 397 g/mol. The summed E-state index contributed by atoms with van der Waals surface area (Å²) in [5.41, 5.74) is 2.07. The van der Waals surface area contributed by atoms with Crippen LogP contribution in [0.5, 0.6) is 5.75 Å². The van der Waals surface area contributed by atoms with Crippen molar-refractivity contribution in [3.8, 4) is 17.1 Å². The first-order chi connectivity index (χ1) is 13.6. The lowest BCUT2D eigenvalue weighted by molar-refractivity contribution is -0.127. The van der Waals surface area contributed by atoms with E-state index in [-0.39, 0.29) is 5.91 Å². The van der Waals surface area contributed by atoms with E-state index in [4.69, 9.17) is 4.74 Å². The van der Waals surface area contributed by atoms with Gasteiger partial charge in [0.15, 0.2) is 11.0 Å². The topological polar surface area (TPSA) is 60.2 Å². The highest BCUT2D eigenvalue weighted by molar-refractivity contribution is 7.99. The van der Waals surface area contributed by atoms with Gasteiger partial charge in [0, 0.05) is 26.2 Å². The molecule has 0 saturated heterocycles. The van der Waals surface area contributed by atoms with Gasteiger partial charge in [0.25, 0.3) is 0 Å². The lowest BCUT2D eigenvalue weighted by atomic mass is 10.2. The Morgan fingerprint density at radius 1 is 1.11 bits per heavy atom. The molecular formula is C21H24N4O2S. The lowest BCUT2D eigenvalue weighted by Crippen LogP contribution is -2.27. The summed E-state index contributed by atoms with van der Waals surface area (Å²) in [5, 5.41) is 9.20. The van der Waals surface area contributed by atoms with E-state index in [0.717, 1.165) is 27.9 Å². The minimum atomic E-state index is 0.0446. The standard InChI is InChI=1S/C21H24N4O2S/c1-4-27-18-12-10-16(11-13-18)14-24(2)19(26)15-28-21-23-22-20(25(21)3)17-8-6-5-7-9-17/h5-13H,4,14-15H2,1-3H3. The van der Waals surface area contributed by atoms with Crippen LogP contribution in [0.1, 0.15) is 12.5 Å². The third kappa shape index (κ3) is 4.92. The second-order valence-electron chi connectivity index (χ2n) is 6.35. The van der Waals surface area contributed by atoms with E-state index in [2.05, 4.69) is 10.2 Å². The van der Waals surface area contributed by atoms with Gasteiger partial charge in [-0.2, -0.15) is 0 Å². The Bertz CT molecular complexity index is 910. The molecule has 0 radical (unpaired) electrons. The van der Waals surface area contributed by atoms with Crippen LogP contribution >= 0.6 is 11.8 Å². The van der Waals surface area contributed by atoms with E-state index < -0.39 is 0 Å². The normalized spacial score (nSPS) is 10.7. The maximum atomic E-state index is 12.5. The first-order valence-electron chi connectivity index (χ1n) is 9.11. The van der Waals surface area contributed by atoms with E-state index >= 15 is 0 Å². The molecule has 0 aliphatic heterocycles. The molecule has 2 aromatic carbocycles. The van der Waals surface area contributed by atoms with Crippen molar-refractivity contribution in [2.45, 2.75) is 18.6 Å². The molecule has 0 saturated carbocycles. The summed E-state index contributed by atoms with van der Waals surface area (Å²) >= 11 is 1.40. The third-order valence-corrected chi connectivity index (χ3v) is 5.28. The zero-order chi connectivity index (χ0) is 19.9. The van der Waals surface area contributed by atoms with Crippen molar-refractivity contribution in [1.82, 2.24) is 19.7 Å². The number of nitrogens with zero attached hydrogens (tertiary/aromatic N) is 4. The summed E-state index contributed by atoms with van der Waals surface area (Å²) in [6.45, 7) is 3.15.